The summed E-state index contributed by atoms with van der Waals surface area (Å²) in [7, 11) is 9.11. The molecule has 0 saturated heterocycles. The van der Waals surface area contributed by atoms with Crippen molar-refractivity contribution in [3.05, 3.63) is 29.2 Å². The van der Waals surface area contributed by atoms with E-state index in [-0.39, 0.29) is 5.75 Å². The second-order valence-electron chi connectivity index (χ2n) is 4.75. The van der Waals surface area contributed by atoms with Gasteiger partial charge in [0, 0.05) is 54.4 Å². The summed E-state index contributed by atoms with van der Waals surface area (Å²) >= 11 is 0. The molecule has 7 nitrogen and oxygen atoms in total. The number of aromatic hydroxyl groups is 1. The lowest BCUT2D eigenvalue weighted by Gasteiger charge is -2.46. The Morgan fingerprint density at radius 2 is 1.35 bits per heavy atom. The molecule has 0 fully saturated rings. The monoisotopic (exact) mass is 303 g/mol. The fourth-order valence-electron chi connectivity index (χ4n) is 1.89. The van der Waals surface area contributed by atoms with E-state index in [9.17, 15) is 10.0 Å². The third-order valence-electron chi connectivity index (χ3n) is 2.66. The molecular weight excluding hydrogens is 280 g/mol. The molecule has 1 aromatic carbocycles. The molecule has 0 saturated carbocycles. The normalized spacial score (nSPS) is 13.1. The lowest BCUT2D eigenvalue weighted by molar-refractivity contribution is -0.699. The van der Waals surface area contributed by atoms with E-state index in [1.54, 1.807) is 0 Å². The van der Waals surface area contributed by atoms with E-state index in [1.165, 1.54) is 24.3 Å². The zero-order valence-corrected chi connectivity index (χ0v) is 13.6. The summed E-state index contributed by atoms with van der Waals surface area (Å²) in [4.78, 5) is 12.7. The van der Waals surface area contributed by atoms with Crippen LogP contribution in [-0.4, -0.2) is 65.2 Å². The maximum Gasteiger partial charge on any atom is 0.318 e. The van der Waals surface area contributed by atoms with Gasteiger partial charge in [-0.05, 0) is 12.1 Å². The Balaban J connectivity index is 3.07. The van der Waals surface area contributed by atoms with Crippen molar-refractivity contribution in [1.29, 1.82) is 0 Å². The lowest BCUT2D eigenvalue weighted by atomic mass is 10.3. The first kappa shape index (κ1) is 16.7. The maximum absolute atomic E-state index is 12.2. The molecule has 0 amide bonds. The van der Waals surface area contributed by atoms with E-state index in [0.717, 1.165) is 0 Å². The largest absolute Gasteiger partial charge is 0.508 e. The van der Waals surface area contributed by atoms with Crippen LogP contribution in [0.25, 0.3) is 0 Å². The summed E-state index contributed by atoms with van der Waals surface area (Å²) in [6.45, 7) is 0. The minimum absolute atomic E-state index is 0.105. The van der Waals surface area contributed by atoms with Crippen LogP contribution in [0.3, 0.4) is 0 Å². The highest BCUT2D eigenvalue weighted by Gasteiger charge is 2.42. The number of hydrogen-bond donors (Lipinski definition) is 1. The van der Waals surface area contributed by atoms with Crippen LogP contribution in [0.2, 0.25) is 0 Å². The molecule has 0 aliphatic carbocycles. The number of phenols is 1. The van der Waals surface area contributed by atoms with E-state index >= 15 is 0 Å². The molecule has 0 atom stereocenters. The summed E-state index contributed by atoms with van der Waals surface area (Å²) < 4.78 is 11.3. The Hall–Kier alpha value is -1.35. The van der Waals surface area contributed by atoms with E-state index < -0.39 is 10.9 Å². The van der Waals surface area contributed by atoms with E-state index in [0.29, 0.717) is 10.6 Å². The zero-order valence-electron chi connectivity index (χ0n) is 12.8. The standard InChI is InChI=1S/C12H22N4O3S/c1-13(2)20(14(3)4,15(5)6)19-16(18)11-7-9-12(17)10-8-11/h7-10H,1-6H3/p+1. The van der Waals surface area contributed by atoms with Gasteiger partial charge in [-0.1, -0.05) is 0 Å². The SMILES string of the molecule is CN(C)S(O[N+](=O)c1ccc(O)cc1)(N(C)C)N(C)C. The van der Waals surface area contributed by atoms with Crippen LogP contribution >= 0.6 is 10.9 Å². The Kier molecular flexibility index (Phi) is 5.35. The molecule has 1 aromatic rings. The molecule has 0 unspecified atom stereocenters. The molecule has 20 heavy (non-hydrogen) atoms. The average Bonchev–Trinajstić information content (AvgIpc) is 2.35. The molecule has 0 aliphatic heterocycles. The van der Waals surface area contributed by atoms with Crippen LogP contribution in [0.15, 0.2) is 24.3 Å². The number of rotatable bonds is 6. The molecule has 1 N–H and O–H groups in total. The van der Waals surface area contributed by atoms with Gasteiger partial charge in [0.1, 0.15) is 5.75 Å². The highest BCUT2D eigenvalue weighted by atomic mass is 32.3. The first-order valence-corrected chi connectivity index (χ1v) is 7.46. The Labute approximate surface area is 121 Å². The smallest absolute Gasteiger partial charge is 0.318 e. The van der Waals surface area contributed by atoms with Gasteiger partial charge in [-0.2, -0.15) is 0 Å². The van der Waals surface area contributed by atoms with Gasteiger partial charge in [0.15, 0.2) is 10.9 Å². The van der Waals surface area contributed by atoms with Gasteiger partial charge in [0.25, 0.3) is 4.92 Å². The van der Waals surface area contributed by atoms with Crippen LogP contribution in [0, 0.1) is 4.91 Å². The van der Waals surface area contributed by atoms with Crippen LogP contribution < -0.4 is 0 Å². The van der Waals surface area contributed by atoms with Gasteiger partial charge in [-0.15, -0.1) is 4.28 Å². The van der Waals surface area contributed by atoms with Crippen molar-refractivity contribution in [2.24, 2.45) is 0 Å². The molecule has 1 rings (SSSR count). The minimum Gasteiger partial charge on any atom is -0.508 e. The number of nitrogens with zero attached hydrogens (tertiary/aromatic N) is 4. The molecule has 8 heteroatoms. The second-order valence-corrected chi connectivity index (χ2v) is 8.03. The van der Waals surface area contributed by atoms with Crippen LogP contribution in [0.5, 0.6) is 5.75 Å². The molecule has 0 bridgehead atoms. The predicted molar refractivity (Wildman–Crippen MR) is 81.1 cm³/mol. The van der Waals surface area contributed by atoms with Crippen molar-refractivity contribution in [1.82, 2.24) is 12.9 Å². The van der Waals surface area contributed by atoms with Gasteiger partial charge in [0.2, 0.25) is 0 Å². The fraction of sp³-hybridized carbons (Fsp3) is 0.500. The third kappa shape index (κ3) is 3.21. The number of phenolic OH excluding ortho intramolecular Hbond substituents is 1. The van der Waals surface area contributed by atoms with E-state index in [4.69, 9.17) is 4.28 Å². The van der Waals surface area contributed by atoms with Crippen LogP contribution in [0.1, 0.15) is 0 Å². The van der Waals surface area contributed by atoms with Crippen molar-refractivity contribution in [3.8, 4) is 5.75 Å². The molecule has 114 valence electrons. The topological polar surface area (TPSA) is 59.3 Å². The Bertz CT molecular complexity index is 441. The van der Waals surface area contributed by atoms with Crippen molar-refractivity contribution < 1.29 is 14.3 Å². The summed E-state index contributed by atoms with van der Waals surface area (Å²) in [6, 6.07) is 5.91. The van der Waals surface area contributed by atoms with Crippen LogP contribution in [-0.2, 0) is 4.28 Å². The highest BCUT2D eigenvalue weighted by Crippen LogP contribution is 2.54. The minimum atomic E-state index is -2.05. The second kappa shape index (κ2) is 6.40. The van der Waals surface area contributed by atoms with E-state index in [2.05, 4.69) is 0 Å². The summed E-state index contributed by atoms with van der Waals surface area (Å²) in [6.07, 6.45) is 0. The average molecular weight is 303 g/mol. The quantitative estimate of drug-likeness (QED) is 0.810. The molecule has 0 aliphatic rings. The molecule has 0 heterocycles. The highest BCUT2D eigenvalue weighted by molar-refractivity contribution is 8.23. The lowest BCUT2D eigenvalue weighted by Crippen LogP contribution is -2.43. The van der Waals surface area contributed by atoms with Crippen LogP contribution in [0.4, 0.5) is 5.69 Å². The first-order chi connectivity index (χ1) is 9.21. The van der Waals surface area contributed by atoms with Gasteiger partial charge in [-0.3, -0.25) is 0 Å². The fourth-order valence-corrected chi connectivity index (χ4v) is 4.52. The Morgan fingerprint density at radius 1 is 0.950 bits per heavy atom. The van der Waals surface area contributed by atoms with Gasteiger partial charge >= 0.3 is 5.69 Å². The van der Waals surface area contributed by atoms with Gasteiger partial charge in [-0.25, -0.2) is 12.9 Å². The molecule has 0 aromatic heterocycles. The molecular formula is C12H23N4O3S+. The third-order valence-corrected chi connectivity index (χ3v) is 5.84. The molecule has 0 radical (unpaired) electrons. The maximum atomic E-state index is 12.2. The van der Waals surface area contributed by atoms with Crippen molar-refractivity contribution in [3.63, 3.8) is 0 Å². The summed E-state index contributed by atoms with van der Waals surface area (Å²) in [5.41, 5.74) is 0.324. The van der Waals surface area contributed by atoms with E-state index in [1.807, 2.05) is 55.2 Å². The summed E-state index contributed by atoms with van der Waals surface area (Å²) in [5, 5.41) is 9.25. The number of benzene rings is 1. The number of hydrogen-bond acceptors (Lipinski definition) is 6. The zero-order chi connectivity index (χ0) is 15.5. The van der Waals surface area contributed by atoms with Crippen molar-refractivity contribution in [2.45, 2.75) is 0 Å². The van der Waals surface area contributed by atoms with Crippen molar-refractivity contribution in [2.75, 3.05) is 42.3 Å². The van der Waals surface area contributed by atoms with Crippen molar-refractivity contribution >= 4 is 16.6 Å². The van der Waals surface area contributed by atoms with Gasteiger partial charge in [0.05, 0.1) is 4.91 Å². The first-order valence-electron chi connectivity index (χ1n) is 6.03. The predicted octanol–water partition coefficient (Wildman–Crippen LogP) is 1.88. The summed E-state index contributed by atoms with van der Waals surface area (Å²) in [5.74, 6) is 0.105. The molecule has 0 spiro atoms. The Morgan fingerprint density at radius 3 is 1.70 bits per heavy atom. The van der Waals surface area contributed by atoms with Gasteiger partial charge < -0.3 is 5.11 Å².